The van der Waals surface area contributed by atoms with Gasteiger partial charge in [-0.1, -0.05) is 85.6 Å². The van der Waals surface area contributed by atoms with Crippen molar-refractivity contribution in [3.05, 3.63) is 82.9 Å². The molecule has 2 aliphatic rings. The summed E-state index contributed by atoms with van der Waals surface area (Å²) in [5.74, 6) is 0. The molecule has 0 amide bonds. The molecule has 1 aliphatic heterocycles. The number of para-hydroxylation sites is 1. The topological polar surface area (TPSA) is 3.24 Å². The number of hydrogen-bond donors (Lipinski definition) is 0. The predicted molar refractivity (Wildman–Crippen MR) is 130 cm³/mol. The molecular weight excluding hydrogens is 406 g/mol. The molecule has 1 heterocycles. The fourth-order valence-electron chi connectivity index (χ4n) is 5.61. The molecule has 0 saturated heterocycles. The summed E-state index contributed by atoms with van der Waals surface area (Å²) in [7, 11) is 0. The Balaban J connectivity index is 1.64. The minimum absolute atomic E-state index is 0.0323. The maximum atomic E-state index is 7.13. The van der Waals surface area contributed by atoms with Crippen LogP contribution in [0.15, 0.2) is 76.5 Å². The molecule has 1 saturated carbocycles. The Hall–Kier alpha value is -1.90. The van der Waals surface area contributed by atoms with E-state index in [1.165, 1.54) is 47.4 Å². The van der Waals surface area contributed by atoms with Crippen molar-refractivity contribution in [2.24, 2.45) is 0 Å². The van der Waals surface area contributed by atoms with Crippen molar-refractivity contribution < 1.29 is 0 Å². The van der Waals surface area contributed by atoms with E-state index >= 15 is 0 Å². The molecule has 0 aromatic heterocycles. The van der Waals surface area contributed by atoms with Crippen LogP contribution in [0, 0.1) is 6.92 Å². The van der Waals surface area contributed by atoms with Gasteiger partial charge in [0.1, 0.15) is 0 Å². The SMILES string of the molecule is Cc1ccccc1Sc1cccc(N2c3ccccc3C3(C)CCCCC23C)c1Cl. The number of benzene rings is 3. The van der Waals surface area contributed by atoms with Crippen LogP contribution in [0.3, 0.4) is 0 Å². The largest absolute Gasteiger partial charge is 0.333 e. The van der Waals surface area contributed by atoms with Crippen LogP contribution < -0.4 is 4.90 Å². The van der Waals surface area contributed by atoms with Crippen LogP contribution in [0.4, 0.5) is 11.4 Å². The molecule has 1 aliphatic carbocycles. The van der Waals surface area contributed by atoms with Crippen LogP contribution in [-0.2, 0) is 5.41 Å². The maximum absolute atomic E-state index is 7.13. The van der Waals surface area contributed by atoms with E-state index in [1.54, 1.807) is 11.8 Å². The Morgan fingerprint density at radius 1 is 0.800 bits per heavy atom. The highest BCUT2D eigenvalue weighted by atomic mass is 35.5. The number of aryl methyl sites for hydroxylation is 1. The van der Waals surface area contributed by atoms with Gasteiger partial charge in [0.2, 0.25) is 0 Å². The zero-order valence-corrected chi connectivity index (χ0v) is 19.5. The Bertz CT molecular complexity index is 1110. The molecule has 2 atom stereocenters. The van der Waals surface area contributed by atoms with Crippen molar-refractivity contribution in [2.75, 3.05) is 4.90 Å². The molecule has 2 unspecified atom stereocenters. The quantitative estimate of drug-likeness (QED) is 0.407. The molecule has 1 fully saturated rings. The van der Waals surface area contributed by atoms with E-state index in [1.807, 2.05) is 0 Å². The molecule has 5 rings (SSSR count). The second kappa shape index (κ2) is 7.35. The summed E-state index contributed by atoms with van der Waals surface area (Å²) in [6, 6.07) is 24.0. The Morgan fingerprint density at radius 2 is 1.47 bits per heavy atom. The molecule has 3 heteroatoms. The zero-order chi connectivity index (χ0) is 20.9. The number of rotatable bonds is 3. The van der Waals surface area contributed by atoms with E-state index in [4.69, 9.17) is 11.6 Å². The molecule has 3 aromatic carbocycles. The molecule has 30 heavy (non-hydrogen) atoms. The van der Waals surface area contributed by atoms with Gasteiger partial charge in [-0.25, -0.2) is 0 Å². The Morgan fingerprint density at radius 3 is 2.30 bits per heavy atom. The number of hydrogen-bond acceptors (Lipinski definition) is 2. The van der Waals surface area contributed by atoms with Crippen LogP contribution in [-0.4, -0.2) is 5.54 Å². The average Bonchev–Trinajstić information content (AvgIpc) is 2.95. The van der Waals surface area contributed by atoms with Crippen molar-refractivity contribution in [2.45, 2.75) is 67.2 Å². The van der Waals surface area contributed by atoms with Crippen LogP contribution in [0.5, 0.6) is 0 Å². The van der Waals surface area contributed by atoms with Crippen molar-refractivity contribution in [1.29, 1.82) is 0 Å². The first-order chi connectivity index (χ1) is 14.5. The summed E-state index contributed by atoms with van der Waals surface area (Å²) in [6.07, 6.45) is 4.98. The van der Waals surface area contributed by atoms with Crippen molar-refractivity contribution in [1.82, 2.24) is 0 Å². The van der Waals surface area contributed by atoms with Crippen LogP contribution in [0.1, 0.15) is 50.7 Å². The van der Waals surface area contributed by atoms with E-state index in [0.717, 1.165) is 15.6 Å². The van der Waals surface area contributed by atoms with Gasteiger partial charge in [0, 0.05) is 20.9 Å². The first-order valence-corrected chi connectivity index (χ1v) is 12.1. The summed E-state index contributed by atoms with van der Waals surface area (Å²) in [5.41, 5.74) is 5.39. The summed E-state index contributed by atoms with van der Waals surface area (Å²) >= 11 is 8.90. The minimum atomic E-state index is 0.0323. The second-order valence-corrected chi connectivity index (χ2v) is 10.6. The van der Waals surface area contributed by atoms with Crippen LogP contribution in [0.2, 0.25) is 5.02 Å². The fraction of sp³-hybridized carbons (Fsp3) is 0.333. The molecule has 0 bridgehead atoms. The smallest absolute Gasteiger partial charge is 0.0782 e. The fourth-order valence-corrected chi connectivity index (χ4v) is 6.89. The van der Waals surface area contributed by atoms with Gasteiger partial charge in [-0.15, -0.1) is 0 Å². The maximum Gasteiger partial charge on any atom is 0.0782 e. The number of anilines is 2. The molecule has 3 aromatic rings. The predicted octanol–water partition coefficient (Wildman–Crippen LogP) is 8.54. The number of nitrogens with zero attached hydrogens (tertiary/aromatic N) is 1. The highest BCUT2D eigenvalue weighted by molar-refractivity contribution is 7.99. The van der Waals surface area contributed by atoms with Gasteiger partial charge in [-0.3, -0.25) is 0 Å². The number of halogens is 1. The summed E-state index contributed by atoms with van der Waals surface area (Å²) in [5, 5.41) is 0.858. The monoisotopic (exact) mass is 433 g/mol. The summed E-state index contributed by atoms with van der Waals surface area (Å²) in [4.78, 5) is 4.94. The van der Waals surface area contributed by atoms with Gasteiger partial charge >= 0.3 is 0 Å². The highest BCUT2D eigenvalue weighted by Crippen LogP contribution is 2.61. The van der Waals surface area contributed by atoms with Crippen LogP contribution in [0.25, 0.3) is 0 Å². The molecule has 0 spiro atoms. The summed E-state index contributed by atoms with van der Waals surface area (Å²) < 4.78 is 0. The second-order valence-electron chi connectivity index (χ2n) is 9.12. The average molecular weight is 434 g/mol. The highest BCUT2D eigenvalue weighted by Gasteiger charge is 2.57. The molecule has 154 valence electrons. The third kappa shape index (κ3) is 2.84. The normalized spacial score (nSPS) is 25.1. The van der Waals surface area contributed by atoms with Crippen molar-refractivity contribution in [3.63, 3.8) is 0 Å². The van der Waals surface area contributed by atoms with Gasteiger partial charge in [0.15, 0.2) is 0 Å². The Kier molecular flexibility index (Phi) is 4.91. The van der Waals surface area contributed by atoms with Gasteiger partial charge < -0.3 is 4.90 Å². The molecular formula is C27H28ClNS. The standard InChI is InChI=1S/C27H28ClNS/c1-19-11-4-7-15-23(19)30-24-16-10-14-22(25(24)28)29-21-13-6-5-12-20(21)26(2)17-8-9-18-27(26,29)3/h4-7,10-16H,8-9,17-18H2,1-3H3. The molecule has 0 radical (unpaired) electrons. The summed E-state index contributed by atoms with van der Waals surface area (Å²) in [6.45, 7) is 7.07. The molecule has 1 nitrogen and oxygen atoms in total. The van der Waals surface area contributed by atoms with E-state index in [0.29, 0.717) is 0 Å². The number of fused-ring (bicyclic) bond motifs is 3. The third-order valence-electron chi connectivity index (χ3n) is 7.51. The van der Waals surface area contributed by atoms with Gasteiger partial charge in [0.25, 0.3) is 0 Å². The minimum Gasteiger partial charge on any atom is -0.333 e. The lowest BCUT2D eigenvalue weighted by Gasteiger charge is -2.50. The van der Waals surface area contributed by atoms with Crippen molar-refractivity contribution >= 4 is 34.7 Å². The lowest BCUT2D eigenvalue weighted by molar-refractivity contribution is 0.195. The molecule has 0 N–H and O–H groups in total. The first-order valence-electron chi connectivity index (χ1n) is 10.9. The lowest BCUT2D eigenvalue weighted by atomic mass is 9.61. The third-order valence-corrected chi connectivity index (χ3v) is 9.26. The first kappa shape index (κ1) is 20.0. The van der Waals surface area contributed by atoms with E-state index in [9.17, 15) is 0 Å². The van der Waals surface area contributed by atoms with E-state index in [2.05, 4.69) is 92.4 Å². The van der Waals surface area contributed by atoms with Gasteiger partial charge in [-0.2, -0.15) is 0 Å². The van der Waals surface area contributed by atoms with Crippen LogP contribution >= 0.6 is 23.4 Å². The van der Waals surface area contributed by atoms with Crippen molar-refractivity contribution in [3.8, 4) is 0 Å². The Labute approximate surface area is 189 Å². The van der Waals surface area contributed by atoms with Gasteiger partial charge in [-0.05, 0) is 62.1 Å². The van der Waals surface area contributed by atoms with Gasteiger partial charge in [0.05, 0.1) is 16.2 Å². The van der Waals surface area contributed by atoms with E-state index < -0.39 is 0 Å². The lowest BCUT2D eigenvalue weighted by Crippen LogP contribution is -2.54. The van der Waals surface area contributed by atoms with E-state index in [-0.39, 0.29) is 11.0 Å². The zero-order valence-electron chi connectivity index (χ0n) is 17.9.